The van der Waals surface area contributed by atoms with E-state index in [1.54, 1.807) is 6.33 Å². The van der Waals surface area contributed by atoms with E-state index in [0.717, 1.165) is 64.9 Å². The fraction of sp³-hybridized carbons (Fsp3) is 0.375. The zero-order valence-corrected chi connectivity index (χ0v) is 22.5. The molecule has 0 aliphatic carbocycles. The van der Waals surface area contributed by atoms with E-state index in [4.69, 9.17) is 18.8 Å². The van der Waals surface area contributed by atoms with Crippen LogP contribution in [-0.2, 0) is 43.9 Å². The number of aryl methyl sites for hydroxylation is 3. The maximum atomic E-state index is 11.2. The van der Waals surface area contributed by atoms with Crippen LogP contribution in [0.1, 0.15) is 24.2 Å². The first-order chi connectivity index (χ1) is 17.4. The van der Waals surface area contributed by atoms with Crippen LogP contribution in [0, 0.1) is 6.92 Å². The molecule has 198 valence electrons. The molecule has 1 aromatic carbocycles. The fourth-order valence-corrected chi connectivity index (χ4v) is 4.75. The minimum absolute atomic E-state index is 0.151. The standard InChI is InChI=1S/C23H25N5O3S.CH4O3S/c1-16-6-3-7-19(25-16)23-22(20-8-4-12-28(20)26-23)17-9-10-18-21(14-17)27(15-24-18)11-5-13-31-32(2,29)30;1-5(2,3)4/h3,6-7,9-10,14-15H,4-5,8,11-13H2,1-2H3;1H3,(H,2,3,4). The van der Waals surface area contributed by atoms with Crippen LogP contribution >= 0.6 is 0 Å². The number of hydrogen-bond acceptors (Lipinski definition) is 8. The molecule has 0 saturated carbocycles. The summed E-state index contributed by atoms with van der Waals surface area (Å²) < 4.78 is 57.3. The van der Waals surface area contributed by atoms with Crippen LogP contribution < -0.4 is 0 Å². The fourth-order valence-electron chi connectivity index (χ4n) is 4.33. The molecule has 1 aliphatic heterocycles. The highest BCUT2D eigenvalue weighted by Crippen LogP contribution is 2.38. The SMILES string of the molecule is CS(=O)(=O)O.Cc1cccc(-c2nn3c(c2-c2ccc4ncn(CCCOS(C)(=O)=O)c4c2)CCC3)n1. The van der Waals surface area contributed by atoms with Gasteiger partial charge in [-0.05, 0) is 56.0 Å². The van der Waals surface area contributed by atoms with Gasteiger partial charge in [0.25, 0.3) is 20.2 Å². The van der Waals surface area contributed by atoms with E-state index in [0.29, 0.717) is 19.2 Å². The van der Waals surface area contributed by atoms with Crippen molar-refractivity contribution in [1.29, 1.82) is 0 Å². The molecule has 13 heteroatoms. The van der Waals surface area contributed by atoms with Gasteiger partial charge in [-0.1, -0.05) is 12.1 Å². The average molecular weight is 548 g/mol. The van der Waals surface area contributed by atoms with Crippen molar-refractivity contribution in [2.45, 2.75) is 39.3 Å². The summed E-state index contributed by atoms with van der Waals surface area (Å²) in [7, 11) is -7.09. The Morgan fingerprint density at radius 3 is 2.57 bits per heavy atom. The van der Waals surface area contributed by atoms with Crippen LogP contribution in [-0.4, -0.2) is 64.8 Å². The average Bonchev–Trinajstić information content (AvgIpc) is 3.49. The minimum Gasteiger partial charge on any atom is -0.330 e. The Kier molecular flexibility index (Phi) is 7.78. The first-order valence-corrected chi connectivity index (χ1v) is 15.3. The summed E-state index contributed by atoms with van der Waals surface area (Å²) in [6, 6.07) is 12.3. The Bertz CT molecular complexity index is 1630. The highest BCUT2D eigenvalue weighted by Gasteiger charge is 2.25. The zero-order valence-electron chi connectivity index (χ0n) is 20.8. The topological polar surface area (TPSA) is 146 Å². The molecular weight excluding hydrogens is 518 g/mol. The number of hydrogen-bond donors (Lipinski definition) is 1. The summed E-state index contributed by atoms with van der Waals surface area (Å²) in [5.41, 5.74) is 8.13. The van der Waals surface area contributed by atoms with E-state index in [1.165, 1.54) is 5.69 Å². The third-order valence-electron chi connectivity index (χ3n) is 5.72. The Balaban J connectivity index is 0.000000586. The summed E-state index contributed by atoms with van der Waals surface area (Å²) in [6.07, 6.45) is 6.24. The first-order valence-electron chi connectivity index (χ1n) is 11.6. The molecule has 0 fully saturated rings. The maximum absolute atomic E-state index is 11.2. The van der Waals surface area contributed by atoms with Gasteiger partial charge in [-0.3, -0.25) is 18.4 Å². The third kappa shape index (κ3) is 7.01. The van der Waals surface area contributed by atoms with Gasteiger partial charge in [0.1, 0.15) is 5.69 Å². The number of aromatic nitrogens is 5. The lowest BCUT2D eigenvalue weighted by Crippen LogP contribution is -2.07. The second-order valence-corrected chi connectivity index (χ2v) is 12.0. The molecule has 5 rings (SSSR count). The molecule has 37 heavy (non-hydrogen) atoms. The van der Waals surface area contributed by atoms with Crippen LogP contribution in [0.15, 0.2) is 42.7 Å². The molecule has 0 amide bonds. The zero-order chi connectivity index (χ0) is 26.8. The van der Waals surface area contributed by atoms with Crippen LogP contribution in [0.5, 0.6) is 0 Å². The van der Waals surface area contributed by atoms with E-state index in [1.807, 2.05) is 35.8 Å². The Labute approximate surface area is 216 Å². The van der Waals surface area contributed by atoms with E-state index < -0.39 is 20.2 Å². The number of rotatable bonds is 7. The van der Waals surface area contributed by atoms with Crippen LogP contribution in [0.3, 0.4) is 0 Å². The second-order valence-electron chi connectivity index (χ2n) is 8.92. The predicted molar refractivity (Wildman–Crippen MR) is 140 cm³/mol. The summed E-state index contributed by atoms with van der Waals surface area (Å²) >= 11 is 0. The predicted octanol–water partition coefficient (Wildman–Crippen LogP) is 3.09. The molecule has 3 aromatic heterocycles. The monoisotopic (exact) mass is 547 g/mol. The normalized spacial score (nSPS) is 13.4. The van der Waals surface area contributed by atoms with E-state index in [9.17, 15) is 16.8 Å². The summed E-state index contributed by atoms with van der Waals surface area (Å²) in [4.78, 5) is 9.23. The van der Waals surface area contributed by atoms with Gasteiger partial charge in [0.05, 0.1) is 42.2 Å². The Morgan fingerprint density at radius 2 is 1.86 bits per heavy atom. The minimum atomic E-state index is -3.67. The molecule has 1 aliphatic rings. The molecule has 0 spiro atoms. The van der Waals surface area contributed by atoms with Crippen LogP contribution in [0.2, 0.25) is 0 Å². The summed E-state index contributed by atoms with van der Waals surface area (Å²) in [5, 5.41) is 4.91. The van der Waals surface area contributed by atoms with Crippen molar-refractivity contribution >= 4 is 31.3 Å². The third-order valence-corrected chi connectivity index (χ3v) is 6.32. The van der Waals surface area contributed by atoms with Crippen molar-refractivity contribution < 1.29 is 25.6 Å². The van der Waals surface area contributed by atoms with Gasteiger partial charge < -0.3 is 4.57 Å². The largest absolute Gasteiger partial charge is 0.330 e. The summed E-state index contributed by atoms with van der Waals surface area (Å²) in [6.45, 7) is 3.69. The quantitative estimate of drug-likeness (QED) is 0.209. The van der Waals surface area contributed by atoms with Crippen molar-refractivity contribution in [1.82, 2.24) is 24.3 Å². The number of fused-ring (bicyclic) bond motifs is 2. The number of pyridine rings is 1. The smallest absolute Gasteiger partial charge is 0.264 e. The lowest BCUT2D eigenvalue weighted by molar-refractivity contribution is 0.308. The Hall–Kier alpha value is -3.13. The van der Waals surface area contributed by atoms with Gasteiger partial charge in [-0.2, -0.15) is 21.9 Å². The number of imidazole rings is 1. The highest BCUT2D eigenvalue weighted by atomic mass is 32.2. The van der Waals surface area contributed by atoms with Gasteiger partial charge in [0.15, 0.2) is 0 Å². The van der Waals surface area contributed by atoms with Gasteiger partial charge in [0, 0.05) is 30.0 Å². The van der Waals surface area contributed by atoms with E-state index in [2.05, 4.69) is 21.8 Å². The molecule has 1 N–H and O–H groups in total. The lowest BCUT2D eigenvalue weighted by Gasteiger charge is -2.08. The number of benzene rings is 1. The molecule has 0 radical (unpaired) electrons. The van der Waals surface area contributed by atoms with Crippen molar-refractivity contribution in [2.75, 3.05) is 19.1 Å². The highest BCUT2D eigenvalue weighted by molar-refractivity contribution is 7.86. The lowest BCUT2D eigenvalue weighted by atomic mass is 9.99. The molecular formula is C24H29N5O6S2. The molecule has 0 saturated heterocycles. The maximum Gasteiger partial charge on any atom is 0.264 e. The first kappa shape index (κ1) is 26.9. The van der Waals surface area contributed by atoms with Crippen molar-refractivity contribution in [3.63, 3.8) is 0 Å². The Morgan fingerprint density at radius 1 is 1.11 bits per heavy atom. The molecule has 0 bridgehead atoms. The van der Waals surface area contributed by atoms with Gasteiger partial charge in [-0.15, -0.1) is 0 Å². The molecule has 11 nitrogen and oxygen atoms in total. The molecule has 4 heterocycles. The van der Waals surface area contributed by atoms with Crippen molar-refractivity contribution in [3.05, 3.63) is 54.1 Å². The van der Waals surface area contributed by atoms with E-state index in [-0.39, 0.29) is 6.61 Å². The van der Waals surface area contributed by atoms with Gasteiger partial charge >= 0.3 is 0 Å². The van der Waals surface area contributed by atoms with E-state index >= 15 is 0 Å². The van der Waals surface area contributed by atoms with Crippen LogP contribution in [0.25, 0.3) is 33.5 Å². The molecule has 0 atom stereocenters. The molecule has 4 aromatic rings. The van der Waals surface area contributed by atoms with Gasteiger partial charge in [0.2, 0.25) is 0 Å². The van der Waals surface area contributed by atoms with Crippen molar-refractivity contribution in [3.8, 4) is 22.5 Å². The summed E-state index contributed by atoms with van der Waals surface area (Å²) in [5.74, 6) is 0. The van der Waals surface area contributed by atoms with Gasteiger partial charge in [-0.25, -0.2) is 4.98 Å². The second kappa shape index (κ2) is 10.7. The molecule has 0 unspecified atom stereocenters. The van der Waals surface area contributed by atoms with Crippen molar-refractivity contribution in [2.24, 2.45) is 0 Å². The van der Waals surface area contributed by atoms with Crippen LogP contribution in [0.4, 0.5) is 0 Å². The number of nitrogens with zero attached hydrogens (tertiary/aromatic N) is 5.